The van der Waals surface area contributed by atoms with Crippen LogP contribution in [0.1, 0.15) is 5.56 Å². The number of aryl methyl sites for hydroxylation is 1. The van der Waals surface area contributed by atoms with Crippen LogP contribution in [0.25, 0.3) is 16.2 Å². The summed E-state index contributed by atoms with van der Waals surface area (Å²) in [7, 11) is 1.83. The molecular formula is C12H12N4S. The van der Waals surface area contributed by atoms with Gasteiger partial charge in [-0.25, -0.2) is 4.52 Å². The van der Waals surface area contributed by atoms with Gasteiger partial charge in [-0.3, -0.25) is 0 Å². The molecule has 2 heterocycles. The Hall–Kier alpha value is -1.88. The van der Waals surface area contributed by atoms with Crippen molar-refractivity contribution in [2.75, 3.05) is 12.4 Å². The Morgan fingerprint density at radius 1 is 1.35 bits per heavy atom. The summed E-state index contributed by atoms with van der Waals surface area (Å²) in [6.07, 6.45) is 0. The lowest BCUT2D eigenvalue weighted by atomic mass is 10.1. The zero-order valence-corrected chi connectivity index (χ0v) is 10.5. The molecule has 17 heavy (non-hydrogen) atoms. The van der Waals surface area contributed by atoms with Crippen molar-refractivity contribution in [2.24, 2.45) is 0 Å². The van der Waals surface area contributed by atoms with Crippen LogP contribution in [0.3, 0.4) is 0 Å². The predicted octanol–water partition coefficient (Wildman–Crippen LogP) is 2.81. The molecule has 1 aromatic carbocycles. The third-order valence-corrected chi connectivity index (χ3v) is 3.44. The van der Waals surface area contributed by atoms with E-state index >= 15 is 0 Å². The van der Waals surface area contributed by atoms with E-state index in [1.54, 1.807) is 11.3 Å². The number of nitrogens with one attached hydrogen (secondary N) is 1. The van der Waals surface area contributed by atoms with Gasteiger partial charge in [-0.2, -0.15) is 4.98 Å². The molecule has 3 rings (SSSR count). The Balaban J connectivity index is 2.19. The number of hydrogen-bond acceptors (Lipinski definition) is 4. The maximum absolute atomic E-state index is 4.40. The highest BCUT2D eigenvalue weighted by molar-refractivity contribution is 7.15. The molecule has 0 saturated carbocycles. The van der Waals surface area contributed by atoms with Crippen molar-refractivity contribution in [2.45, 2.75) is 6.92 Å². The van der Waals surface area contributed by atoms with Gasteiger partial charge in [-0.1, -0.05) is 23.8 Å². The van der Waals surface area contributed by atoms with Crippen molar-refractivity contribution >= 4 is 22.2 Å². The van der Waals surface area contributed by atoms with Gasteiger partial charge in [0.15, 0.2) is 0 Å². The number of benzene rings is 1. The van der Waals surface area contributed by atoms with Crippen LogP contribution in [0.5, 0.6) is 0 Å². The second kappa shape index (κ2) is 3.85. The van der Waals surface area contributed by atoms with E-state index < -0.39 is 0 Å². The number of thiazole rings is 1. The molecule has 4 nitrogen and oxygen atoms in total. The van der Waals surface area contributed by atoms with Crippen LogP contribution in [-0.2, 0) is 0 Å². The van der Waals surface area contributed by atoms with Gasteiger partial charge in [-0.05, 0) is 13.0 Å². The number of rotatable bonds is 2. The Kier molecular flexibility index (Phi) is 2.33. The number of nitrogens with zero attached hydrogens (tertiary/aromatic N) is 3. The average Bonchev–Trinajstić information content (AvgIpc) is 2.87. The molecule has 0 aliphatic rings. The molecule has 2 aromatic heterocycles. The molecule has 1 N–H and O–H groups in total. The van der Waals surface area contributed by atoms with Gasteiger partial charge in [0.05, 0.1) is 5.69 Å². The lowest BCUT2D eigenvalue weighted by Crippen LogP contribution is -1.92. The fraction of sp³-hybridized carbons (Fsp3) is 0.167. The first-order valence-electron chi connectivity index (χ1n) is 5.37. The molecule has 0 unspecified atom stereocenters. The average molecular weight is 244 g/mol. The van der Waals surface area contributed by atoms with E-state index in [0.29, 0.717) is 5.95 Å². The quantitative estimate of drug-likeness (QED) is 0.753. The summed E-state index contributed by atoms with van der Waals surface area (Å²) >= 11 is 1.60. The molecule has 0 radical (unpaired) electrons. The first kappa shape index (κ1) is 10.3. The topological polar surface area (TPSA) is 42.2 Å². The zero-order chi connectivity index (χ0) is 11.8. The van der Waals surface area contributed by atoms with Crippen molar-refractivity contribution in [1.82, 2.24) is 14.6 Å². The van der Waals surface area contributed by atoms with E-state index in [-0.39, 0.29) is 0 Å². The number of fused-ring (bicyclic) bond motifs is 1. The molecule has 0 amide bonds. The van der Waals surface area contributed by atoms with Crippen LogP contribution in [0, 0.1) is 6.92 Å². The van der Waals surface area contributed by atoms with Crippen molar-refractivity contribution in [3.8, 4) is 11.3 Å². The first-order valence-corrected chi connectivity index (χ1v) is 6.25. The van der Waals surface area contributed by atoms with Crippen molar-refractivity contribution in [3.63, 3.8) is 0 Å². The minimum Gasteiger partial charge on any atom is -0.356 e. The largest absolute Gasteiger partial charge is 0.356 e. The number of hydrogen-bond donors (Lipinski definition) is 1. The van der Waals surface area contributed by atoms with E-state index in [0.717, 1.165) is 10.7 Å². The Bertz CT molecular complexity index is 668. The maximum atomic E-state index is 4.40. The standard InChI is InChI=1S/C12H12N4S/c1-8-4-3-5-9(6-8)10-7-17-12-14-11(13-2)15-16(10)12/h3-7H,1-2H3,(H,13,15). The van der Waals surface area contributed by atoms with Crippen LogP contribution >= 0.6 is 11.3 Å². The Morgan fingerprint density at radius 2 is 2.24 bits per heavy atom. The van der Waals surface area contributed by atoms with Crippen LogP contribution in [0.15, 0.2) is 29.6 Å². The fourth-order valence-electron chi connectivity index (χ4n) is 1.79. The highest BCUT2D eigenvalue weighted by Gasteiger charge is 2.10. The van der Waals surface area contributed by atoms with Gasteiger partial charge in [-0.15, -0.1) is 16.4 Å². The summed E-state index contributed by atoms with van der Waals surface area (Å²) in [5.74, 6) is 0.658. The summed E-state index contributed by atoms with van der Waals surface area (Å²) < 4.78 is 1.88. The van der Waals surface area contributed by atoms with Crippen LogP contribution in [0.2, 0.25) is 0 Å². The van der Waals surface area contributed by atoms with Crippen molar-refractivity contribution < 1.29 is 0 Å². The van der Waals surface area contributed by atoms with E-state index in [1.807, 2.05) is 11.6 Å². The van der Waals surface area contributed by atoms with E-state index in [2.05, 4.69) is 52.0 Å². The van der Waals surface area contributed by atoms with E-state index in [1.165, 1.54) is 11.1 Å². The Labute approximate surface area is 103 Å². The molecule has 0 spiro atoms. The SMILES string of the molecule is CNc1nc2scc(-c3cccc(C)c3)n2n1. The number of anilines is 1. The predicted molar refractivity (Wildman–Crippen MR) is 70.6 cm³/mol. The van der Waals surface area contributed by atoms with Gasteiger partial charge in [0, 0.05) is 18.0 Å². The Morgan fingerprint density at radius 3 is 3.00 bits per heavy atom. The second-order valence-electron chi connectivity index (χ2n) is 3.87. The molecule has 86 valence electrons. The third kappa shape index (κ3) is 1.68. The van der Waals surface area contributed by atoms with E-state index in [4.69, 9.17) is 0 Å². The summed E-state index contributed by atoms with van der Waals surface area (Å²) in [5.41, 5.74) is 3.50. The summed E-state index contributed by atoms with van der Waals surface area (Å²) in [6, 6.07) is 8.40. The molecule has 0 bridgehead atoms. The summed E-state index contributed by atoms with van der Waals surface area (Å²) in [5, 5.41) is 9.45. The second-order valence-corrected chi connectivity index (χ2v) is 4.71. The minimum atomic E-state index is 0.658. The van der Waals surface area contributed by atoms with Crippen LogP contribution in [-0.4, -0.2) is 21.6 Å². The zero-order valence-electron chi connectivity index (χ0n) is 9.64. The third-order valence-electron chi connectivity index (χ3n) is 2.62. The van der Waals surface area contributed by atoms with Gasteiger partial charge in [0.2, 0.25) is 10.9 Å². The van der Waals surface area contributed by atoms with Crippen LogP contribution in [0.4, 0.5) is 5.95 Å². The highest BCUT2D eigenvalue weighted by atomic mass is 32.1. The van der Waals surface area contributed by atoms with Crippen molar-refractivity contribution in [1.29, 1.82) is 0 Å². The maximum Gasteiger partial charge on any atom is 0.243 e. The lowest BCUT2D eigenvalue weighted by molar-refractivity contribution is 0.985. The monoisotopic (exact) mass is 244 g/mol. The molecule has 0 aliphatic heterocycles. The molecule has 0 aliphatic carbocycles. The smallest absolute Gasteiger partial charge is 0.243 e. The summed E-state index contributed by atoms with van der Waals surface area (Å²) in [6.45, 7) is 2.09. The lowest BCUT2D eigenvalue weighted by Gasteiger charge is -1.99. The van der Waals surface area contributed by atoms with Gasteiger partial charge < -0.3 is 5.32 Å². The molecule has 0 fully saturated rings. The number of aromatic nitrogens is 3. The highest BCUT2D eigenvalue weighted by Crippen LogP contribution is 2.26. The van der Waals surface area contributed by atoms with Crippen molar-refractivity contribution in [3.05, 3.63) is 35.2 Å². The normalized spacial score (nSPS) is 10.9. The molecule has 0 atom stereocenters. The minimum absolute atomic E-state index is 0.658. The van der Waals surface area contributed by atoms with Gasteiger partial charge in [0.25, 0.3) is 0 Å². The van der Waals surface area contributed by atoms with Gasteiger partial charge >= 0.3 is 0 Å². The fourth-order valence-corrected chi connectivity index (χ4v) is 2.62. The van der Waals surface area contributed by atoms with E-state index in [9.17, 15) is 0 Å². The summed E-state index contributed by atoms with van der Waals surface area (Å²) in [4.78, 5) is 5.27. The molecule has 3 aromatic rings. The van der Waals surface area contributed by atoms with Crippen LogP contribution < -0.4 is 5.32 Å². The molecule has 0 saturated heterocycles. The first-order chi connectivity index (χ1) is 8.28. The molecule has 5 heteroatoms. The van der Waals surface area contributed by atoms with Gasteiger partial charge in [0.1, 0.15) is 0 Å². The molecular weight excluding hydrogens is 232 g/mol.